The Labute approximate surface area is 223 Å². The number of alkyl halides is 1. The predicted molar refractivity (Wildman–Crippen MR) is 147 cm³/mol. The fraction of sp³-hybridized carbons (Fsp3) is 0.552. The van der Waals surface area contributed by atoms with E-state index in [2.05, 4.69) is 45.4 Å². The number of hydrogen-bond donors (Lipinski definition) is 2. The average molecular weight is 525 g/mol. The van der Waals surface area contributed by atoms with E-state index in [1.54, 1.807) is 12.1 Å². The van der Waals surface area contributed by atoms with Crippen LogP contribution in [0.2, 0.25) is 0 Å². The lowest BCUT2D eigenvalue weighted by molar-refractivity contribution is 0.0209. The first kappa shape index (κ1) is 26.7. The summed E-state index contributed by atoms with van der Waals surface area (Å²) < 4.78 is 34.5. The molecule has 1 aromatic carbocycles. The number of benzene rings is 1. The highest BCUT2D eigenvalue weighted by Gasteiger charge is 2.28. The van der Waals surface area contributed by atoms with Gasteiger partial charge in [-0.1, -0.05) is 18.2 Å². The molecular weight excluding hydrogens is 486 g/mol. The molecule has 2 fully saturated rings. The zero-order chi connectivity index (χ0) is 27.0. The fourth-order valence-electron chi connectivity index (χ4n) is 5.45. The van der Waals surface area contributed by atoms with Crippen molar-refractivity contribution in [2.75, 3.05) is 36.9 Å². The summed E-state index contributed by atoms with van der Waals surface area (Å²) in [7, 11) is 0. The lowest BCUT2D eigenvalue weighted by atomic mass is 9.88. The maximum atomic E-state index is 15.1. The van der Waals surface area contributed by atoms with Crippen LogP contribution in [0, 0.1) is 12.7 Å². The van der Waals surface area contributed by atoms with E-state index in [1.165, 1.54) is 13.0 Å². The van der Waals surface area contributed by atoms with Crippen molar-refractivity contribution in [1.82, 2.24) is 19.9 Å². The second kappa shape index (κ2) is 11.1. The molecule has 0 spiro atoms. The number of nitrogens with zero attached hydrogens (tertiary/aromatic N) is 4. The lowest BCUT2D eigenvalue weighted by Crippen LogP contribution is -2.41. The molecule has 0 amide bonds. The first-order valence-corrected chi connectivity index (χ1v) is 13.7. The molecule has 0 aliphatic carbocycles. The molecule has 2 aromatic heterocycles. The van der Waals surface area contributed by atoms with Crippen LogP contribution in [0.4, 0.5) is 20.4 Å². The van der Waals surface area contributed by atoms with Crippen molar-refractivity contribution in [1.29, 1.82) is 0 Å². The highest BCUT2D eigenvalue weighted by molar-refractivity contribution is 5.89. The number of nitrogens with one attached hydrogen (secondary N) is 2. The van der Waals surface area contributed by atoms with Crippen LogP contribution < -0.4 is 10.6 Å². The van der Waals surface area contributed by atoms with Crippen LogP contribution in [0.15, 0.2) is 24.3 Å². The van der Waals surface area contributed by atoms with Gasteiger partial charge in [0.25, 0.3) is 0 Å². The Kier molecular flexibility index (Phi) is 7.77. The maximum absolute atomic E-state index is 15.1. The number of pyridine rings is 1. The number of piperidine rings is 1. The van der Waals surface area contributed by atoms with Crippen molar-refractivity contribution in [3.05, 3.63) is 52.6 Å². The minimum Gasteiger partial charge on any atom is -0.377 e. The van der Waals surface area contributed by atoms with Gasteiger partial charge in [0.15, 0.2) is 5.65 Å². The molecule has 38 heavy (non-hydrogen) atoms. The van der Waals surface area contributed by atoms with Crippen molar-refractivity contribution in [2.45, 2.75) is 77.7 Å². The summed E-state index contributed by atoms with van der Waals surface area (Å²) in [4.78, 5) is 16.8. The Morgan fingerprint density at radius 3 is 2.34 bits per heavy atom. The van der Waals surface area contributed by atoms with Gasteiger partial charge < -0.3 is 20.3 Å². The van der Waals surface area contributed by atoms with Crippen molar-refractivity contribution in [3.8, 4) is 0 Å². The van der Waals surface area contributed by atoms with E-state index < -0.39 is 18.0 Å². The van der Waals surface area contributed by atoms with E-state index in [4.69, 9.17) is 9.72 Å². The summed E-state index contributed by atoms with van der Waals surface area (Å²) in [6, 6.07) is 7.36. The zero-order valence-corrected chi connectivity index (χ0v) is 22.9. The second-order valence-electron chi connectivity index (χ2n) is 10.9. The Balaban J connectivity index is 1.52. The van der Waals surface area contributed by atoms with E-state index in [0.29, 0.717) is 48.0 Å². The van der Waals surface area contributed by atoms with Gasteiger partial charge in [-0.3, -0.25) is 0 Å². The average Bonchev–Trinajstić information content (AvgIpc) is 2.85. The molecule has 7 nitrogen and oxygen atoms in total. The molecule has 2 atom stereocenters. The monoisotopic (exact) mass is 524 g/mol. The molecule has 2 aliphatic rings. The van der Waals surface area contributed by atoms with Crippen molar-refractivity contribution >= 4 is 22.7 Å². The fourth-order valence-corrected chi connectivity index (χ4v) is 5.45. The summed E-state index contributed by atoms with van der Waals surface area (Å²) in [6.07, 6.45) is 0.712. The largest absolute Gasteiger partial charge is 0.377 e. The Morgan fingerprint density at radius 1 is 1.00 bits per heavy atom. The topological polar surface area (TPSA) is 75.2 Å². The summed E-state index contributed by atoms with van der Waals surface area (Å²) >= 11 is 0. The summed E-state index contributed by atoms with van der Waals surface area (Å²) in [5.41, 5.74) is 2.21. The van der Waals surface area contributed by atoms with Crippen LogP contribution >= 0.6 is 0 Å². The van der Waals surface area contributed by atoms with E-state index in [1.807, 2.05) is 13.8 Å². The SMILES string of the molecule is Cc1nc(N[C@H](C)c2cccc(C(C)F)c2F)c2cc(C3CCN(C(C)C)CC3)c(NC3COC3)nc2n1. The number of hydrogen-bond acceptors (Lipinski definition) is 7. The number of likely N-dealkylation sites (tertiary alicyclic amines) is 1. The van der Waals surface area contributed by atoms with Crippen LogP contribution in [0.3, 0.4) is 0 Å². The minimum atomic E-state index is -1.38. The second-order valence-corrected chi connectivity index (χ2v) is 10.9. The summed E-state index contributed by atoms with van der Waals surface area (Å²) in [5.74, 6) is 1.87. The van der Waals surface area contributed by atoms with Gasteiger partial charge in [0.05, 0.1) is 30.7 Å². The highest BCUT2D eigenvalue weighted by atomic mass is 19.1. The van der Waals surface area contributed by atoms with Crippen LogP contribution in [0.1, 0.15) is 81.2 Å². The number of halogens is 2. The van der Waals surface area contributed by atoms with E-state index in [9.17, 15) is 4.39 Å². The highest BCUT2D eigenvalue weighted by Crippen LogP contribution is 2.37. The quantitative estimate of drug-likeness (QED) is 0.370. The van der Waals surface area contributed by atoms with E-state index in [0.717, 1.165) is 42.7 Å². The molecule has 0 bridgehead atoms. The number of aromatic nitrogens is 3. The Bertz CT molecular complexity index is 1290. The van der Waals surface area contributed by atoms with E-state index >= 15 is 4.39 Å². The van der Waals surface area contributed by atoms with Gasteiger partial charge in [-0.25, -0.2) is 23.7 Å². The number of anilines is 2. The third-order valence-corrected chi connectivity index (χ3v) is 7.81. The van der Waals surface area contributed by atoms with Gasteiger partial charge in [-0.15, -0.1) is 0 Å². The zero-order valence-electron chi connectivity index (χ0n) is 22.9. The molecule has 9 heteroatoms. The van der Waals surface area contributed by atoms with Crippen LogP contribution in [-0.4, -0.2) is 58.2 Å². The first-order valence-electron chi connectivity index (χ1n) is 13.7. The number of aryl methyl sites for hydroxylation is 1. The molecule has 3 aromatic rings. The maximum Gasteiger partial charge on any atom is 0.167 e. The molecule has 0 radical (unpaired) electrons. The number of rotatable bonds is 8. The van der Waals surface area contributed by atoms with Crippen LogP contribution in [0.5, 0.6) is 0 Å². The smallest absolute Gasteiger partial charge is 0.167 e. The molecular formula is C29H38F2N6O. The van der Waals surface area contributed by atoms with Gasteiger partial charge in [0, 0.05) is 17.2 Å². The molecule has 204 valence electrons. The van der Waals surface area contributed by atoms with E-state index in [-0.39, 0.29) is 11.6 Å². The summed E-state index contributed by atoms with van der Waals surface area (Å²) in [5, 5.41) is 7.77. The van der Waals surface area contributed by atoms with Gasteiger partial charge >= 0.3 is 0 Å². The third kappa shape index (κ3) is 5.45. The Morgan fingerprint density at radius 2 is 1.71 bits per heavy atom. The van der Waals surface area contributed by atoms with Gasteiger partial charge in [0.2, 0.25) is 0 Å². The molecule has 2 aliphatic heterocycles. The molecule has 1 unspecified atom stereocenters. The number of ether oxygens (including phenoxy) is 1. The Hall–Kier alpha value is -2.91. The van der Waals surface area contributed by atoms with Crippen molar-refractivity contribution in [2.24, 2.45) is 0 Å². The molecule has 4 heterocycles. The predicted octanol–water partition coefficient (Wildman–Crippen LogP) is 6.07. The summed E-state index contributed by atoms with van der Waals surface area (Å²) in [6.45, 7) is 12.9. The normalized spacial score (nSPS) is 18.9. The molecule has 0 saturated carbocycles. The minimum absolute atomic E-state index is 0.0623. The molecule has 2 saturated heterocycles. The molecule has 5 rings (SSSR count). The van der Waals surface area contributed by atoms with Gasteiger partial charge in [0.1, 0.15) is 29.4 Å². The molecule has 2 N–H and O–H groups in total. The van der Waals surface area contributed by atoms with Crippen LogP contribution in [-0.2, 0) is 4.74 Å². The van der Waals surface area contributed by atoms with Crippen molar-refractivity contribution < 1.29 is 13.5 Å². The van der Waals surface area contributed by atoms with Crippen molar-refractivity contribution in [3.63, 3.8) is 0 Å². The lowest BCUT2D eigenvalue weighted by Gasteiger charge is -2.36. The van der Waals surface area contributed by atoms with Gasteiger partial charge in [-0.2, -0.15) is 0 Å². The van der Waals surface area contributed by atoms with Crippen LogP contribution in [0.25, 0.3) is 11.0 Å². The standard InChI is InChI=1S/C29H38F2N6O/c1-16(2)37-11-9-20(10-12-37)24-13-25-28(32-18(4)23-8-6-7-22(17(3)30)26(23)31)33-19(5)34-29(25)36-27(24)35-21-14-38-15-21/h6-8,13,16-18,20-21H,9-12,14-15H2,1-5H3,(H2,32,33,34,35,36)/t17?,18-/m1/s1. The first-order chi connectivity index (χ1) is 18.2. The van der Waals surface area contributed by atoms with Gasteiger partial charge in [-0.05, 0) is 78.1 Å². The number of fused-ring (bicyclic) bond motifs is 1. The third-order valence-electron chi connectivity index (χ3n) is 7.81.